The van der Waals surface area contributed by atoms with Crippen LogP contribution in [0.5, 0.6) is 0 Å². The van der Waals surface area contributed by atoms with Crippen LogP contribution in [0, 0.1) is 0 Å². The van der Waals surface area contributed by atoms with Crippen LogP contribution in [0.3, 0.4) is 0 Å². The third kappa shape index (κ3) is 5.27. The van der Waals surface area contributed by atoms with E-state index < -0.39 is 0 Å². The molecule has 3 N–H and O–H groups in total. The number of thiocarbonyl (C=S) groups is 1. The lowest BCUT2D eigenvalue weighted by atomic mass is 10.1. The van der Waals surface area contributed by atoms with Crippen LogP contribution in [0.1, 0.15) is 32.3 Å². The van der Waals surface area contributed by atoms with E-state index in [4.69, 9.17) is 18.0 Å². The van der Waals surface area contributed by atoms with Crippen LogP contribution < -0.4 is 11.1 Å². The number of hydrogen-bond donors (Lipinski definition) is 2. The van der Waals surface area contributed by atoms with Gasteiger partial charge in [-0.3, -0.25) is 4.79 Å². The Hall–Kier alpha value is -1.46. The summed E-state index contributed by atoms with van der Waals surface area (Å²) in [6.45, 7) is 7.23. The zero-order chi connectivity index (χ0) is 15.0. The first-order valence-corrected chi connectivity index (χ1v) is 7.40. The third-order valence-corrected chi connectivity index (χ3v) is 3.46. The quantitative estimate of drug-likeness (QED) is 0.723. The third-order valence-electron chi connectivity index (χ3n) is 3.24. The monoisotopic (exact) mass is 293 g/mol. The zero-order valence-corrected chi connectivity index (χ0v) is 13.0. The molecule has 1 aromatic rings. The fraction of sp³-hybridized carbons (Fsp3) is 0.467. The highest BCUT2D eigenvalue weighted by molar-refractivity contribution is 7.80. The Kier molecular flexibility index (Phi) is 7.18. The van der Waals surface area contributed by atoms with Crippen LogP contribution in [-0.2, 0) is 4.79 Å². The number of hydrogen-bond acceptors (Lipinski definition) is 3. The molecule has 0 aliphatic heterocycles. The van der Waals surface area contributed by atoms with Gasteiger partial charge >= 0.3 is 0 Å². The van der Waals surface area contributed by atoms with Crippen LogP contribution in [0.15, 0.2) is 24.3 Å². The van der Waals surface area contributed by atoms with Gasteiger partial charge in [0.15, 0.2) is 0 Å². The van der Waals surface area contributed by atoms with E-state index in [0.717, 1.165) is 26.1 Å². The van der Waals surface area contributed by atoms with E-state index >= 15 is 0 Å². The van der Waals surface area contributed by atoms with Crippen LogP contribution in [0.25, 0.3) is 0 Å². The van der Waals surface area contributed by atoms with Gasteiger partial charge in [-0.15, -0.1) is 0 Å². The van der Waals surface area contributed by atoms with Gasteiger partial charge in [0.05, 0.1) is 5.69 Å². The van der Waals surface area contributed by atoms with Crippen molar-refractivity contribution >= 4 is 28.8 Å². The molecule has 5 heteroatoms. The van der Waals surface area contributed by atoms with Gasteiger partial charge in [-0.1, -0.05) is 38.2 Å². The number of para-hydroxylation sites is 1. The maximum atomic E-state index is 11.9. The van der Waals surface area contributed by atoms with Gasteiger partial charge in [-0.25, -0.2) is 0 Å². The van der Waals surface area contributed by atoms with Crippen LogP contribution in [0.2, 0.25) is 0 Å². The Labute approximate surface area is 126 Å². The minimum Gasteiger partial charge on any atom is -0.389 e. The molecule has 0 saturated heterocycles. The highest BCUT2D eigenvalue weighted by Crippen LogP contribution is 2.15. The van der Waals surface area contributed by atoms with Gasteiger partial charge in [0.1, 0.15) is 4.99 Å². The van der Waals surface area contributed by atoms with Gasteiger partial charge in [0.2, 0.25) is 5.91 Å². The summed E-state index contributed by atoms with van der Waals surface area (Å²) >= 11 is 4.98. The largest absolute Gasteiger partial charge is 0.389 e. The number of nitrogens with zero attached hydrogens (tertiary/aromatic N) is 1. The Bertz CT molecular complexity index is 458. The van der Waals surface area contributed by atoms with Crippen LogP contribution in [0.4, 0.5) is 5.69 Å². The normalized spacial score (nSPS) is 10.6. The molecule has 1 amide bonds. The minimum absolute atomic E-state index is 0.000793. The standard InChI is InChI=1S/C15H23N3OS/c1-3-18(4-2)11-7-10-14(19)17-13-9-6-5-8-12(13)15(16)20/h5-6,8-9H,3-4,7,10-11H2,1-2H3,(H2,16,20)(H,17,19). The van der Waals surface area contributed by atoms with E-state index in [1.165, 1.54) is 0 Å². The first-order valence-electron chi connectivity index (χ1n) is 6.99. The SMILES string of the molecule is CCN(CC)CCCC(=O)Nc1ccccc1C(N)=S. The van der Waals surface area contributed by atoms with Gasteiger partial charge in [-0.2, -0.15) is 0 Å². The summed E-state index contributed by atoms with van der Waals surface area (Å²) in [5.41, 5.74) is 7.04. The molecule has 0 spiro atoms. The summed E-state index contributed by atoms with van der Waals surface area (Å²) in [4.78, 5) is 14.5. The van der Waals surface area contributed by atoms with Gasteiger partial charge in [0, 0.05) is 12.0 Å². The summed E-state index contributed by atoms with van der Waals surface area (Å²) in [5, 5.41) is 2.88. The molecule has 0 heterocycles. The van der Waals surface area contributed by atoms with Crippen molar-refractivity contribution in [2.45, 2.75) is 26.7 Å². The van der Waals surface area contributed by atoms with E-state index in [2.05, 4.69) is 24.1 Å². The van der Waals surface area contributed by atoms with Crippen LogP contribution in [-0.4, -0.2) is 35.4 Å². The van der Waals surface area contributed by atoms with Gasteiger partial charge in [-0.05, 0) is 38.2 Å². The molecular weight excluding hydrogens is 270 g/mol. The van der Waals surface area contributed by atoms with Crippen molar-refractivity contribution in [1.82, 2.24) is 4.90 Å². The molecule has 4 nitrogen and oxygen atoms in total. The highest BCUT2D eigenvalue weighted by atomic mass is 32.1. The lowest BCUT2D eigenvalue weighted by molar-refractivity contribution is -0.116. The Morgan fingerprint density at radius 3 is 2.55 bits per heavy atom. The predicted molar refractivity (Wildman–Crippen MR) is 88.0 cm³/mol. The second-order valence-electron chi connectivity index (χ2n) is 4.59. The molecule has 0 unspecified atom stereocenters. The molecule has 0 aliphatic rings. The lowest BCUT2D eigenvalue weighted by Crippen LogP contribution is -2.25. The lowest BCUT2D eigenvalue weighted by Gasteiger charge is -2.17. The number of nitrogens with one attached hydrogen (secondary N) is 1. The highest BCUT2D eigenvalue weighted by Gasteiger charge is 2.08. The van der Waals surface area contributed by atoms with E-state index in [-0.39, 0.29) is 5.91 Å². The number of rotatable bonds is 8. The number of nitrogens with two attached hydrogens (primary N) is 1. The zero-order valence-electron chi connectivity index (χ0n) is 12.2. The maximum absolute atomic E-state index is 11.9. The first-order chi connectivity index (χ1) is 9.58. The van der Waals surface area contributed by atoms with Crippen molar-refractivity contribution in [3.8, 4) is 0 Å². The number of amides is 1. The molecule has 0 aliphatic carbocycles. The summed E-state index contributed by atoms with van der Waals surface area (Å²) in [5.74, 6) is 0.000793. The smallest absolute Gasteiger partial charge is 0.224 e. The topological polar surface area (TPSA) is 58.4 Å². The molecule has 1 aromatic carbocycles. The summed E-state index contributed by atoms with van der Waals surface area (Å²) < 4.78 is 0. The number of anilines is 1. The fourth-order valence-electron chi connectivity index (χ4n) is 2.02. The first kappa shape index (κ1) is 16.6. The van der Waals surface area contributed by atoms with Gasteiger partial charge in [0.25, 0.3) is 0 Å². The minimum atomic E-state index is 0.000793. The average molecular weight is 293 g/mol. The van der Waals surface area contributed by atoms with Crippen LogP contribution >= 0.6 is 12.2 Å². The molecular formula is C15H23N3OS. The Balaban J connectivity index is 2.49. The second-order valence-corrected chi connectivity index (χ2v) is 5.03. The predicted octanol–water partition coefficient (Wildman–Crippen LogP) is 2.38. The van der Waals surface area contributed by atoms with Crippen molar-refractivity contribution in [3.05, 3.63) is 29.8 Å². The Morgan fingerprint density at radius 2 is 1.95 bits per heavy atom. The molecule has 0 radical (unpaired) electrons. The molecule has 0 atom stereocenters. The summed E-state index contributed by atoms with van der Waals surface area (Å²) in [7, 11) is 0. The average Bonchev–Trinajstić information content (AvgIpc) is 2.44. The number of benzene rings is 1. The number of carbonyl (C=O) groups is 1. The van der Waals surface area contributed by atoms with E-state index in [1.54, 1.807) is 0 Å². The second kappa shape index (κ2) is 8.66. The van der Waals surface area contributed by atoms with E-state index in [9.17, 15) is 4.79 Å². The van der Waals surface area contributed by atoms with Crippen molar-refractivity contribution < 1.29 is 4.79 Å². The molecule has 0 saturated carbocycles. The molecule has 0 fully saturated rings. The summed E-state index contributed by atoms with van der Waals surface area (Å²) in [6, 6.07) is 7.34. The van der Waals surface area contributed by atoms with Crippen molar-refractivity contribution in [3.63, 3.8) is 0 Å². The Morgan fingerprint density at radius 1 is 1.30 bits per heavy atom. The van der Waals surface area contributed by atoms with Crippen molar-refractivity contribution in [2.75, 3.05) is 25.0 Å². The number of carbonyl (C=O) groups excluding carboxylic acids is 1. The van der Waals surface area contributed by atoms with Crippen molar-refractivity contribution in [1.29, 1.82) is 0 Å². The molecule has 0 aromatic heterocycles. The molecule has 20 heavy (non-hydrogen) atoms. The molecule has 1 rings (SSSR count). The van der Waals surface area contributed by atoms with Gasteiger partial charge < -0.3 is 16.0 Å². The molecule has 0 bridgehead atoms. The van der Waals surface area contributed by atoms with E-state index in [0.29, 0.717) is 22.7 Å². The fourth-order valence-corrected chi connectivity index (χ4v) is 2.20. The van der Waals surface area contributed by atoms with Crippen molar-refractivity contribution in [2.24, 2.45) is 5.73 Å². The molecule has 110 valence electrons. The summed E-state index contributed by atoms with van der Waals surface area (Å²) in [6.07, 6.45) is 1.35. The van der Waals surface area contributed by atoms with E-state index in [1.807, 2.05) is 24.3 Å². The maximum Gasteiger partial charge on any atom is 0.224 e.